The van der Waals surface area contributed by atoms with Gasteiger partial charge in [0.2, 0.25) is 17.8 Å². The average molecular weight is 218 g/mol. The third kappa shape index (κ3) is 1.28. The Hall–Kier alpha value is -2.78. The maximum atomic E-state index is 4.01. The lowest BCUT2D eigenvalue weighted by Gasteiger charge is -2.13. The first-order valence-electron chi connectivity index (χ1n) is 4.31. The van der Waals surface area contributed by atoms with Gasteiger partial charge in [-0.1, -0.05) is 0 Å². The first-order valence-corrected chi connectivity index (χ1v) is 4.31. The molecule has 0 spiro atoms. The second-order valence-corrected chi connectivity index (χ2v) is 2.76. The average Bonchev–Trinajstić information content (AvgIpc) is 3.02. The lowest BCUT2D eigenvalue weighted by molar-refractivity contribution is 0.962. The highest BCUT2D eigenvalue weighted by Gasteiger charge is 2.19. The Morgan fingerprint density at radius 3 is 1.31 bits per heavy atom. The zero-order valence-corrected chi connectivity index (χ0v) is 7.86. The van der Waals surface area contributed by atoms with Crippen LogP contribution in [0.5, 0.6) is 0 Å². The van der Waals surface area contributed by atoms with Crippen LogP contribution < -0.4 is 4.90 Å². The molecule has 16 heavy (non-hydrogen) atoms. The van der Waals surface area contributed by atoms with Crippen molar-refractivity contribution in [2.45, 2.75) is 0 Å². The second kappa shape index (κ2) is 3.42. The molecule has 0 saturated carbocycles. The maximum absolute atomic E-state index is 4.01. The van der Waals surface area contributed by atoms with Crippen molar-refractivity contribution in [2.24, 2.45) is 0 Å². The summed E-state index contributed by atoms with van der Waals surface area (Å²) in [4.78, 5) is 13.6. The molecule has 80 valence electrons. The van der Waals surface area contributed by atoms with E-state index in [9.17, 15) is 0 Å². The van der Waals surface area contributed by atoms with Crippen molar-refractivity contribution in [3.8, 4) is 0 Å². The van der Waals surface area contributed by atoms with Crippen LogP contribution in [0.25, 0.3) is 0 Å². The summed E-state index contributed by atoms with van der Waals surface area (Å²) >= 11 is 0. The SMILES string of the molecule is c1n[nH]c(N(c2ncn[nH]2)c2ncn[nH]2)n1. The minimum atomic E-state index is 0.452. The van der Waals surface area contributed by atoms with E-state index in [2.05, 4.69) is 45.5 Å². The molecule has 0 radical (unpaired) electrons. The summed E-state index contributed by atoms with van der Waals surface area (Å²) in [5.41, 5.74) is 0. The van der Waals surface area contributed by atoms with E-state index in [1.54, 1.807) is 4.90 Å². The predicted octanol–water partition coefficient (Wildman–Crippen LogP) is -0.489. The van der Waals surface area contributed by atoms with Crippen LogP contribution in [0.4, 0.5) is 17.8 Å². The van der Waals surface area contributed by atoms with Crippen molar-refractivity contribution in [3.63, 3.8) is 0 Å². The number of nitrogens with one attached hydrogen (secondary N) is 3. The molecule has 0 unspecified atom stereocenters. The highest BCUT2D eigenvalue weighted by atomic mass is 15.5. The van der Waals surface area contributed by atoms with E-state index >= 15 is 0 Å². The summed E-state index contributed by atoms with van der Waals surface area (Å²) in [5, 5.41) is 19.4. The van der Waals surface area contributed by atoms with E-state index in [1.165, 1.54) is 19.0 Å². The molecule has 0 aromatic carbocycles. The van der Waals surface area contributed by atoms with Crippen molar-refractivity contribution in [3.05, 3.63) is 19.0 Å². The Labute approximate surface area is 88.2 Å². The predicted molar refractivity (Wildman–Crippen MR) is 50.9 cm³/mol. The summed E-state index contributed by atoms with van der Waals surface area (Å²) in [6, 6.07) is 0. The number of aromatic nitrogens is 9. The molecule has 0 fully saturated rings. The first-order chi connectivity index (χ1) is 7.95. The summed E-state index contributed by atoms with van der Waals surface area (Å²) in [6.45, 7) is 0. The molecule has 10 nitrogen and oxygen atoms in total. The van der Waals surface area contributed by atoms with Crippen LogP contribution in [0.15, 0.2) is 19.0 Å². The fourth-order valence-corrected chi connectivity index (χ4v) is 1.22. The molecule has 0 atom stereocenters. The van der Waals surface area contributed by atoms with Crippen molar-refractivity contribution >= 4 is 17.8 Å². The lowest BCUT2D eigenvalue weighted by atomic mass is 10.7. The Kier molecular flexibility index (Phi) is 1.82. The van der Waals surface area contributed by atoms with Gasteiger partial charge in [0.1, 0.15) is 19.0 Å². The third-order valence-corrected chi connectivity index (χ3v) is 1.84. The van der Waals surface area contributed by atoms with Gasteiger partial charge in [0, 0.05) is 0 Å². The molecule has 3 aromatic rings. The van der Waals surface area contributed by atoms with Crippen LogP contribution in [0.2, 0.25) is 0 Å². The van der Waals surface area contributed by atoms with Gasteiger partial charge >= 0.3 is 0 Å². The Bertz CT molecular complexity index is 440. The van der Waals surface area contributed by atoms with Crippen molar-refractivity contribution in [1.29, 1.82) is 0 Å². The lowest BCUT2D eigenvalue weighted by Crippen LogP contribution is -2.14. The van der Waals surface area contributed by atoms with Gasteiger partial charge in [-0.2, -0.15) is 30.2 Å². The normalized spacial score (nSPS) is 10.5. The summed E-state index contributed by atoms with van der Waals surface area (Å²) in [7, 11) is 0. The van der Waals surface area contributed by atoms with Crippen LogP contribution >= 0.6 is 0 Å². The van der Waals surface area contributed by atoms with Crippen LogP contribution in [-0.2, 0) is 0 Å². The highest BCUT2D eigenvalue weighted by molar-refractivity contribution is 5.59. The molecule has 0 saturated heterocycles. The molecule has 0 bridgehead atoms. The van der Waals surface area contributed by atoms with Gasteiger partial charge in [0.25, 0.3) is 0 Å². The maximum Gasteiger partial charge on any atom is 0.235 e. The first kappa shape index (κ1) is 8.52. The molecule has 3 heterocycles. The molecular formula is C6H6N10. The zero-order chi connectivity index (χ0) is 10.8. The molecule has 3 N–H and O–H groups in total. The van der Waals surface area contributed by atoms with E-state index < -0.39 is 0 Å². The second-order valence-electron chi connectivity index (χ2n) is 2.76. The van der Waals surface area contributed by atoms with Gasteiger partial charge in [-0.3, -0.25) is 0 Å². The number of H-pyrrole nitrogens is 3. The topological polar surface area (TPSA) is 128 Å². The summed E-state index contributed by atoms with van der Waals surface area (Å²) in [6.07, 6.45) is 4.15. The van der Waals surface area contributed by atoms with Crippen molar-refractivity contribution in [1.82, 2.24) is 45.5 Å². The number of hydrogen-bond donors (Lipinski definition) is 3. The Morgan fingerprint density at radius 1 is 0.688 bits per heavy atom. The molecule has 3 aromatic heterocycles. The standard InChI is InChI=1S/C6H6N10/c1-7-4(13-10-1)16(5-8-2-11-14-5)6-9-3-12-15-6/h1-3H,(H,7,10,13)(H,8,11,14)(H,9,12,15). The monoisotopic (exact) mass is 218 g/mol. The molecule has 3 rings (SSSR count). The van der Waals surface area contributed by atoms with E-state index in [4.69, 9.17) is 0 Å². The fourth-order valence-electron chi connectivity index (χ4n) is 1.22. The van der Waals surface area contributed by atoms with Gasteiger partial charge in [-0.05, 0) is 0 Å². The zero-order valence-electron chi connectivity index (χ0n) is 7.86. The number of anilines is 3. The van der Waals surface area contributed by atoms with Crippen molar-refractivity contribution in [2.75, 3.05) is 4.90 Å². The molecular weight excluding hydrogens is 212 g/mol. The Morgan fingerprint density at radius 2 is 1.06 bits per heavy atom. The van der Waals surface area contributed by atoms with E-state index in [0.717, 1.165) is 0 Å². The van der Waals surface area contributed by atoms with Gasteiger partial charge in [-0.15, -0.1) is 0 Å². The van der Waals surface area contributed by atoms with E-state index in [1.807, 2.05) is 0 Å². The highest BCUT2D eigenvalue weighted by Crippen LogP contribution is 2.23. The fraction of sp³-hybridized carbons (Fsp3) is 0. The number of nitrogens with zero attached hydrogens (tertiary/aromatic N) is 7. The number of hydrogen-bond acceptors (Lipinski definition) is 7. The molecule has 10 heteroatoms. The van der Waals surface area contributed by atoms with Gasteiger partial charge in [0.15, 0.2) is 0 Å². The van der Waals surface area contributed by atoms with Crippen LogP contribution in [-0.4, -0.2) is 45.5 Å². The molecule has 0 aliphatic rings. The van der Waals surface area contributed by atoms with Crippen LogP contribution in [0, 0.1) is 0 Å². The number of aromatic amines is 3. The minimum absolute atomic E-state index is 0.452. The van der Waals surface area contributed by atoms with Gasteiger partial charge in [-0.25, -0.2) is 20.2 Å². The molecule has 0 amide bonds. The van der Waals surface area contributed by atoms with Crippen molar-refractivity contribution < 1.29 is 0 Å². The van der Waals surface area contributed by atoms with Gasteiger partial charge in [0.05, 0.1) is 0 Å². The molecule has 0 aliphatic carbocycles. The summed E-state index contributed by atoms with van der Waals surface area (Å²) < 4.78 is 0. The van der Waals surface area contributed by atoms with E-state index in [-0.39, 0.29) is 0 Å². The Balaban J connectivity index is 2.09. The third-order valence-electron chi connectivity index (χ3n) is 1.84. The number of rotatable bonds is 3. The largest absolute Gasteiger partial charge is 0.245 e. The smallest absolute Gasteiger partial charge is 0.235 e. The van der Waals surface area contributed by atoms with E-state index in [0.29, 0.717) is 17.8 Å². The minimum Gasteiger partial charge on any atom is -0.245 e. The molecule has 0 aliphatic heterocycles. The van der Waals surface area contributed by atoms with Crippen LogP contribution in [0.3, 0.4) is 0 Å². The quantitative estimate of drug-likeness (QED) is 0.541. The van der Waals surface area contributed by atoms with Gasteiger partial charge < -0.3 is 0 Å². The van der Waals surface area contributed by atoms with Crippen LogP contribution in [0.1, 0.15) is 0 Å². The summed E-state index contributed by atoms with van der Waals surface area (Å²) in [5.74, 6) is 1.36.